The molecule has 10 heteroatoms. The molecule has 5 rings (SSSR count). The number of nitro groups is 1. The van der Waals surface area contributed by atoms with Crippen molar-refractivity contribution in [1.82, 2.24) is 9.80 Å². The van der Waals surface area contributed by atoms with Crippen LogP contribution in [-0.4, -0.2) is 64.3 Å². The Morgan fingerprint density at radius 2 is 1.77 bits per heavy atom. The number of likely N-dealkylation sites (N-methyl/N-ethyl adjacent to an activating group) is 1. The highest BCUT2D eigenvalue weighted by Crippen LogP contribution is 2.34. The van der Waals surface area contributed by atoms with E-state index in [0.717, 1.165) is 49.4 Å². The first-order chi connectivity index (χ1) is 21.1. The Hall–Kier alpha value is -3.30. The molecule has 1 saturated heterocycles. The molecule has 1 heterocycles. The third-order valence-electron chi connectivity index (χ3n) is 8.61. The van der Waals surface area contributed by atoms with Crippen molar-refractivity contribution in [3.8, 4) is 0 Å². The second-order valence-electron chi connectivity index (χ2n) is 11.4. The van der Waals surface area contributed by atoms with Gasteiger partial charge in [-0.1, -0.05) is 59.6 Å². The van der Waals surface area contributed by atoms with Gasteiger partial charge in [0, 0.05) is 48.4 Å². The van der Waals surface area contributed by atoms with Crippen LogP contribution in [0.25, 0.3) is 10.8 Å². The summed E-state index contributed by atoms with van der Waals surface area (Å²) in [6.07, 6.45) is 4.56. The second kappa shape index (κ2) is 14.2. The molecule has 0 radical (unpaired) electrons. The Morgan fingerprint density at radius 3 is 2.48 bits per heavy atom. The molecule has 0 spiro atoms. The van der Waals surface area contributed by atoms with E-state index in [1.54, 1.807) is 48.5 Å². The lowest BCUT2D eigenvalue weighted by Crippen LogP contribution is -2.36. The molecule has 0 N–H and O–H groups in total. The smallest absolute Gasteiger partial charge is 0.270 e. The molecule has 1 unspecified atom stereocenters. The largest absolute Gasteiger partial charge is 0.341 e. The molecular weight excluding hydrogens is 617 g/mol. The first-order valence-electron chi connectivity index (χ1n) is 14.6. The minimum absolute atomic E-state index is 0.00995. The number of non-ortho nitro benzene ring substituents is 1. The van der Waals surface area contributed by atoms with E-state index in [2.05, 4.69) is 11.0 Å². The van der Waals surface area contributed by atoms with Crippen LogP contribution in [0.15, 0.2) is 83.8 Å². The zero-order valence-corrected chi connectivity index (χ0v) is 27.1. The first kappa shape index (κ1) is 32.1. The fraction of sp³-hybridized carbons (Fsp3) is 0.324. The van der Waals surface area contributed by atoms with Gasteiger partial charge in [0.05, 0.1) is 25.8 Å². The van der Waals surface area contributed by atoms with Crippen LogP contribution in [0.2, 0.25) is 10.0 Å². The Labute approximate surface area is 270 Å². The summed E-state index contributed by atoms with van der Waals surface area (Å²) >= 11 is 12.7. The summed E-state index contributed by atoms with van der Waals surface area (Å²) in [5.74, 6) is 0.251. The van der Waals surface area contributed by atoms with Crippen molar-refractivity contribution in [2.75, 3.05) is 39.5 Å². The number of piperidine rings is 1. The van der Waals surface area contributed by atoms with Crippen LogP contribution >= 0.6 is 23.2 Å². The van der Waals surface area contributed by atoms with E-state index in [0.29, 0.717) is 38.8 Å². The standard InChI is InChI=1S/C34H35Cl2N3O4S/c1-37(34(40)30-8-5-6-25-20-27(39(41)42)11-12-28(25)30)22-26(24-10-13-31(35)32(36)21-24)16-19-38-17-14-23(15-18-38)29-7-3-4-9-33(29)44(2)43/h3-13,20-21,23,26H,14-19,22H2,1-2H3/t26?,44-/m0/s1. The number of benzene rings is 4. The highest BCUT2D eigenvalue weighted by atomic mass is 35.5. The van der Waals surface area contributed by atoms with E-state index < -0.39 is 15.7 Å². The highest BCUT2D eigenvalue weighted by Gasteiger charge is 2.26. The molecule has 1 aliphatic heterocycles. The monoisotopic (exact) mass is 651 g/mol. The number of likely N-dealkylation sites (tertiary alicyclic amines) is 1. The highest BCUT2D eigenvalue weighted by molar-refractivity contribution is 7.84. The van der Waals surface area contributed by atoms with Gasteiger partial charge in [0.2, 0.25) is 0 Å². The van der Waals surface area contributed by atoms with Crippen LogP contribution in [-0.2, 0) is 10.8 Å². The van der Waals surface area contributed by atoms with Gasteiger partial charge in [0.25, 0.3) is 11.6 Å². The van der Waals surface area contributed by atoms with Crippen LogP contribution in [0.1, 0.15) is 52.6 Å². The lowest BCUT2D eigenvalue weighted by Gasteiger charge is -2.34. The maximum atomic E-state index is 13.7. The number of halogens is 2. The van der Waals surface area contributed by atoms with Gasteiger partial charge in [0.15, 0.2) is 0 Å². The van der Waals surface area contributed by atoms with Gasteiger partial charge in [-0.25, -0.2) is 0 Å². The summed E-state index contributed by atoms with van der Waals surface area (Å²) < 4.78 is 12.3. The number of hydrogen-bond donors (Lipinski definition) is 0. The number of nitro benzene ring substituents is 1. The SMILES string of the molecule is CN(CC(CCN1CCC(c2ccccc2[S@](C)=O)CC1)c1ccc(Cl)c(Cl)c1)C(=O)c1cccc2cc([N+](=O)[O-])ccc12. The van der Waals surface area contributed by atoms with E-state index in [4.69, 9.17) is 23.2 Å². The van der Waals surface area contributed by atoms with Crippen molar-refractivity contribution < 1.29 is 13.9 Å². The Morgan fingerprint density at radius 1 is 1.02 bits per heavy atom. The number of amides is 1. The van der Waals surface area contributed by atoms with Crippen LogP contribution in [0.5, 0.6) is 0 Å². The van der Waals surface area contributed by atoms with Gasteiger partial charge >= 0.3 is 0 Å². The van der Waals surface area contributed by atoms with Crippen molar-refractivity contribution in [3.05, 3.63) is 116 Å². The molecule has 0 saturated carbocycles. The maximum Gasteiger partial charge on any atom is 0.270 e. The van der Waals surface area contributed by atoms with Crippen molar-refractivity contribution in [3.63, 3.8) is 0 Å². The van der Waals surface area contributed by atoms with Crippen LogP contribution < -0.4 is 0 Å². The third-order valence-corrected chi connectivity index (χ3v) is 10.3. The Kier molecular flexibility index (Phi) is 10.4. The number of fused-ring (bicyclic) bond motifs is 1. The maximum absolute atomic E-state index is 13.7. The van der Waals surface area contributed by atoms with Crippen molar-refractivity contribution >= 4 is 56.4 Å². The minimum Gasteiger partial charge on any atom is -0.341 e. The first-order valence-corrected chi connectivity index (χ1v) is 17.0. The summed E-state index contributed by atoms with van der Waals surface area (Å²) in [6, 6.07) is 23.6. The fourth-order valence-electron chi connectivity index (χ4n) is 6.21. The summed E-state index contributed by atoms with van der Waals surface area (Å²) in [7, 11) is 0.776. The molecule has 1 amide bonds. The lowest BCUT2D eigenvalue weighted by molar-refractivity contribution is -0.384. The predicted octanol–water partition coefficient (Wildman–Crippen LogP) is 7.92. The summed E-state index contributed by atoms with van der Waals surface area (Å²) in [4.78, 5) is 29.7. The van der Waals surface area contributed by atoms with Gasteiger partial charge in [-0.2, -0.15) is 0 Å². The number of carbonyl (C=O) groups is 1. The summed E-state index contributed by atoms with van der Waals surface area (Å²) in [5, 5.41) is 13.6. The molecule has 44 heavy (non-hydrogen) atoms. The summed E-state index contributed by atoms with van der Waals surface area (Å²) in [5.41, 5.74) is 2.71. The Bertz CT molecular complexity index is 1710. The van der Waals surface area contributed by atoms with E-state index in [9.17, 15) is 19.1 Å². The molecule has 4 aromatic carbocycles. The zero-order chi connectivity index (χ0) is 31.4. The van der Waals surface area contributed by atoms with Crippen molar-refractivity contribution in [1.29, 1.82) is 0 Å². The van der Waals surface area contributed by atoms with Crippen LogP contribution in [0, 0.1) is 10.1 Å². The second-order valence-corrected chi connectivity index (χ2v) is 13.6. The van der Waals surface area contributed by atoms with E-state index >= 15 is 0 Å². The lowest BCUT2D eigenvalue weighted by atomic mass is 9.88. The molecular formula is C34H35Cl2N3O4S. The molecule has 4 aromatic rings. The average molecular weight is 653 g/mol. The fourth-order valence-corrected chi connectivity index (χ4v) is 7.35. The van der Waals surface area contributed by atoms with Gasteiger partial charge in [0.1, 0.15) is 0 Å². The zero-order valence-electron chi connectivity index (χ0n) is 24.7. The molecule has 0 aliphatic carbocycles. The van der Waals surface area contributed by atoms with Gasteiger partial charge in [-0.3, -0.25) is 19.1 Å². The van der Waals surface area contributed by atoms with E-state index in [1.165, 1.54) is 17.7 Å². The molecule has 2 atom stereocenters. The number of carbonyl (C=O) groups excluding carboxylic acids is 1. The average Bonchev–Trinajstić information content (AvgIpc) is 3.03. The molecule has 0 bridgehead atoms. The van der Waals surface area contributed by atoms with Crippen LogP contribution in [0.4, 0.5) is 5.69 Å². The van der Waals surface area contributed by atoms with Crippen molar-refractivity contribution in [2.24, 2.45) is 0 Å². The number of nitrogens with zero attached hydrogens (tertiary/aromatic N) is 3. The number of rotatable bonds is 10. The minimum atomic E-state index is -1.01. The molecule has 1 fully saturated rings. The van der Waals surface area contributed by atoms with Crippen molar-refractivity contribution in [2.45, 2.75) is 36.0 Å². The van der Waals surface area contributed by atoms with Gasteiger partial charge in [-0.05, 0) is 97.0 Å². The predicted molar refractivity (Wildman–Crippen MR) is 179 cm³/mol. The summed E-state index contributed by atoms with van der Waals surface area (Å²) in [6.45, 7) is 3.21. The Balaban J connectivity index is 1.30. The molecule has 0 aromatic heterocycles. The molecule has 230 valence electrons. The van der Waals surface area contributed by atoms with Crippen LogP contribution in [0.3, 0.4) is 0 Å². The molecule has 1 aliphatic rings. The molecule has 7 nitrogen and oxygen atoms in total. The van der Waals surface area contributed by atoms with E-state index in [-0.39, 0.29) is 17.5 Å². The van der Waals surface area contributed by atoms with Gasteiger partial charge in [-0.15, -0.1) is 0 Å². The number of hydrogen-bond acceptors (Lipinski definition) is 5. The van der Waals surface area contributed by atoms with E-state index in [1.807, 2.05) is 30.3 Å². The third kappa shape index (κ3) is 7.32. The normalized spacial score (nSPS) is 15.6. The van der Waals surface area contributed by atoms with Gasteiger partial charge < -0.3 is 9.80 Å². The quantitative estimate of drug-likeness (QED) is 0.128. The topological polar surface area (TPSA) is 83.8 Å².